The molecule has 0 aliphatic rings. The van der Waals surface area contributed by atoms with Crippen LogP contribution in [0.4, 0.5) is 5.69 Å². The van der Waals surface area contributed by atoms with Gasteiger partial charge in [0.1, 0.15) is 0 Å². The summed E-state index contributed by atoms with van der Waals surface area (Å²) in [5, 5.41) is 10.6. The summed E-state index contributed by atoms with van der Waals surface area (Å²) in [7, 11) is 3.17. The van der Waals surface area contributed by atoms with E-state index in [9.17, 15) is 10.1 Å². The van der Waals surface area contributed by atoms with E-state index in [1.807, 2.05) is 18.2 Å². The number of methoxy groups -OCH3 is 2. The first kappa shape index (κ1) is 14.2. The van der Waals surface area contributed by atoms with Crippen LogP contribution in [0.2, 0.25) is 0 Å². The Morgan fingerprint density at radius 2 is 1.55 bits per heavy atom. The van der Waals surface area contributed by atoms with Gasteiger partial charge in [0.15, 0.2) is 11.5 Å². The van der Waals surface area contributed by atoms with E-state index >= 15 is 0 Å². The zero-order valence-corrected chi connectivity index (χ0v) is 11.8. The zero-order valence-electron chi connectivity index (χ0n) is 11.0. The molecule has 0 saturated heterocycles. The van der Waals surface area contributed by atoms with Crippen LogP contribution in [-0.2, 0) is 0 Å². The summed E-state index contributed by atoms with van der Waals surface area (Å²) in [5.74, 6) is 1.32. The molecule has 0 spiro atoms. The highest BCUT2D eigenvalue weighted by Crippen LogP contribution is 2.35. The first-order chi connectivity index (χ1) is 9.63. The minimum atomic E-state index is -0.412. The third kappa shape index (κ3) is 3.21. The Morgan fingerprint density at radius 1 is 0.950 bits per heavy atom. The van der Waals surface area contributed by atoms with Crippen LogP contribution in [0.3, 0.4) is 0 Å². The summed E-state index contributed by atoms with van der Waals surface area (Å²) in [6.07, 6.45) is 0. The van der Waals surface area contributed by atoms with Crippen molar-refractivity contribution in [2.45, 2.75) is 9.79 Å². The van der Waals surface area contributed by atoms with Crippen LogP contribution in [0.1, 0.15) is 0 Å². The van der Waals surface area contributed by atoms with Crippen LogP contribution >= 0.6 is 11.8 Å². The van der Waals surface area contributed by atoms with Crippen LogP contribution in [0.15, 0.2) is 52.3 Å². The molecule has 0 aliphatic carbocycles. The van der Waals surface area contributed by atoms with Crippen molar-refractivity contribution in [2.75, 3.05) is 14.2 Å². The molecule has 2 aromatic carbocycles. The van der Waals surface area contributed by atoms with Gasteiger partial charge in [0, 0.05) is 21.9 Å². The molecule has 0 N–H and O–H groups in total. The Balaban J connectivity index is 2.19. The number of hydrogen-bond donors (Lipinski definition) is 0. The van der Waals surface area contributed by atoms with Gasteiger partial charge in [0.05, 0.1) is 19.1 Å². The summed E-state index contributed by atoms with van der Waals surface area (Å²) >= 11 is 1.50. The van der Waals surface area contributed by atoms with Crippen molar-refractivity contribution in [3.05, 3.63) is 52.6 Å². The highest BCUT2D eigenvalue weighted by molar-refractivity contribution is 7.99. The van der Waals surface area contributed by atoms with E-state index in [0.29, 0.717) is 11.5 Å². The summed E-state index contributed by atoms with van der Waals surface area (Å²) in [5.41, 5.74) is 0.0849. The van der Waals surface area contributed by atoms with Gasteiger partial charge < -0.3 is 9.47 Å². The fourth-order valence-corrected chi connectivity index (χ4v) is 2.50. The van der Waals surface area contributed by atoms with Gasteiger partial charge in [-0.1, -0.05) is 11.8 Å². The molecule has 0 aromatic heterocycles. The first-order valence-corrected chi connectivity index (χ1v) is 6.60. The summed E-state index contributed by atoms with van der Waals surface area (Å²) < 4.78 is 10.4. The average molecular weight is 291 g/mol. The van der Waals surface area contributed by atoms with E-state index < -0.39 is 4.92 Å². The molecule has 5 nitrogen and oxygen atoms in total. The lowest BCUT2D eigenvalue weighted by molar-refractivity contribution is -0.384. The largest absolute Gasteiger partial charge is 0.493 e. The monoisotopic (exact) mass is 291 g/mol. The van der Waals surface area contributed by atoms with E-state index in [4.69, 9.17) is 9.47 Å². The van der Waals surface area contributed by atoms with Crippen LogP contribution in [0, 0.1) is 10.1 Å². The number of nitro benzene ring substituents is 1. The highest BCUT2D eigenvalue weighted by Gasteiger charge is 2.07. The third-order valence-corrected chi connectivity index (χ3v) is 3.64. The van der Waals surface area contributed by atoms with Gasteiger partial charge in [0.2, 0.25) is 0 Å². The molecular weight excluding hydrogens is 278 g/mol. The Labute approximate surface area is 120 Å². The molecule has 2 aromatic rings. The summed E-state index contributed by atoms with van der Waals surface area (Å²) in [6.45, 7) is 0. The minimum absolute atomic E-state index is 0.0849. The van der Waals surface area contributed by atoms with Crippen LogP contribution < -0.4 is 9.47 Å². The number of nitro groups is 1. The Hall–Kier alpha value is -2.21. The molecule has 0 heterocycles. The number of nitrogens with zero attached hydrogens (tertiary/aromatic N) is 1. The van der Waals surface area contributed by atoms with Gasteiger partial charge >= 0.3 is 0 Å². The van der Waals surface area contributed by atoms with Crippen LogP contribution in [-0.4, -0.2) is 19.1 Å². The van der Waals surface area contributed by atoms with Gasteiger partial charge in [-0.2, -0.15) is 0 Å². The average Bonchev–Trinajstić information content (AvgIpc) is 2.47. The molecule has 20 heavy (non-hydrogen) atoms. The van der Waals surface area contributed by atoms with Crippen LogP contribution in [0.5, 0.6) is 11.5 Å². The van der Waals surface area contributed by atoms with Crippen molar-refractivity contribution in [1.29, 1.82) is 0 Å². The SMILES string of the molecule is COc1ccc(Sc2ccc([N+](=O)[O-])cc2)cc1OC. The standard InChI is InChI=1S/C14H13NO4S/c1-18-13-8-7-12(9-14(13)19-2)20-11-5-3-10(4-6-11)15(16)17/h3-9H,1-2H3. The minimum Gasteiger partial charge on any atom is -0.493 e. The molecule has 104 valence electrons. The zero-order chi connectivity index (χ0) is 14.5. The van der Waals surface area contributed by atoms with Crippen molar-refractivity contribution < 1.29 is 14.4 Å². The van der Waals surface area contributed by atoms with Crippen molar-refractivity contribution in [1.82, 2.24) is 0 Å². The van der Waals surface area contributed by atoms with Crippen molar-refractivity contribution in [3.63, 3.8) is 0 Å². The third-order valence-electron chi connectivity index (χ3n) is 2.64. The maximum absolute atomic E-state index is 10.6. The summed E-state index contributed by atoms with van der Waals surface area (Å²) in [4.78, 5) is 12.1. The number of rotatable bonds is 5. The van der Waals surface area contributed by atoms with Crippen molar-refractivity contribution >= 4 is 17.4 Å². The molecule has 0 saturated carbocycles. The number of ether oxygens (including phenoxy) is 2. The lowest BCUT2D eigenvalue weighted by Gasteiger charge is -2.09. The van der Waals surface area contributed by atoms with Gasteiger partial charge in [-0.3, -0.25) is 10.1 Å². The molecule has 0 unspecified atom stereocenters. The molecule has 2 rings (SSSR count). The molecule has 0 atom stereocenters. The van der Waals surface area contributed by atoms with Crippen LogP contribution in [0.25, 0.3) is 0 Å². The molecule has 0 radical (unpaired) electrons. The van der Waals surface area contributed by atoms with E-state index in [2.05, 4.69) is 0 Å². The maximum Gasteiger partial charge on any atom is 0.269 e. The number of benzene rings is 2. The van der Waals surface area contributed by atoms with Crippen molar-refractivity contribution in [2.24, 2.45) is 0 Å². The fourth-order valence-electron chi connectivity index (χ4n) is 1.65. The Bertz CT molecular complexity index is 613. The summed E-state index contributed by atoms with van der Waals surface area (Å²) in [6, 6.07) is 12.0. The quantitative estimate of drug-likeness (QED) is 0.620. The van der Waals surface area contributed by atoms with E-state index in [-0.39, 0.29) is 5.69 Å². The predicted molar refractivity (Wildman–Crippen MR) is 76.8 cm³/mol. The van der Waals surface area contributed by atoms with E-state index in [1.165, 1.54) is 23.9 Å². The molecule has 0 aliphatic heterocycles. The lowest BCUT2D eigenvalue weighted by Crippen LogP contribution is -1.90. The maximum atomic E-state index is 10.6. The van der Waals surface area contributed by atoms with Gasteiger partial charge in [0.25, 0.3) is 5.69 Å². The second kappa shape index (κ2) is 6.29. The van der Waals surface area contributed by atoms with Gasteiger partial charge in [-0.15, -0.1) is 0 Å². The molecule has 0 bridgehead atoms. The van der Waals surface area contributed by atoms with Gasteiger partial charge in [-0.05, 0) is 30.3 Å². The second-order valence-corrected chi connectivity index (χ2v) is 5.02. The lowest BCUT2D eigenvalue weighted by atomic mass is 10.3. The fraction of sp³-hybridized carbons (Fsp3) is 0.143. The Morgan fingerprint density at radius 3 is 2.10 bits per heavy atom. The molecule has 0 fully saturated rings. The number of hydrogen-bond acceptors (Lipinski definition) is 5. The highest BCUT2D eigenvalue weighted by atomic mass is 32.2. The molecule has 6 heteroatoms. The number of non-ortho nitro benzene ring substituents is 1. The van der Waals surface area contributed by atoms with E-state index in [0.717, 1.165) is 9.79 Å². The second-order valence-electron chi connectivity index (χ2n) is 3.87. The van der Waals surface area contributed by atoms with Crippen molar-refractivity contribution in [3.8, 4) is 11.5 Å². The molecular formula is C14H13NO4S. The topological polar surface area (TPSA) is 61.6 Å². The predicted octanol–water partition coefficient (Wildman–Crippen LogP) is 3.76. The van der Waals surface area contributed by atoms with E-state index in [1.54, 1.807) is 26.4 Å². The Kier molecular flexibility index (Phi) is 4.47. The normalized spacial score (nSPS) is 10.1. The first-order valence-electron chi connectivity index (χ1n) is 5.78. The molecule has 0 amide bonds. The van der Waals surface area contributed by atoms with Gasteiger partial charge in [-0.25, -0.2) is 0 Å². The smallest absolute Gasteiger partial charge is 0.269 e.